The normalized spacial score (nSPS) is 13.3. The van der Waals surface area contributed by atoms with Gasteiger partial charge < -0.3 is 5.32 Å². The van der Waals surface area contributed by atoms with E-state index in [9.17, 15) is 14.0 Å². The summed E-state index contributed by atoms with van der Waals surface area (Å²) < 4.78 is 16.0. The summed E-state index contributed by atoms with van der Waals surface area (Å²) in [7, 11) is 0. The summed E-state index contributed by atoms with van der Waals surface area (Å²) in [5.41, 5.74) is 2.14. The predicted octanol–water partition coefficient (Wildman–Crippen LogP) is 4.71. The van der Waals surface area contributed by atoms with Crippen LogP contribution in [0.1, 0.15) is 46.2 Å². The van der Waals surface area contributed by atoms with Gasteiger partial charge in [-0.3, -0.25) is 14.6 Å². The lowest BCUT2D eigenvalue weighted by Crippen LogP contribution is -2.28. The number of halogens is 2. The summed E-state index contributed by atoms with van der Waals surface area (Å²) in [6.45, 7) is 3.59. The highest BCUT2D eigenvalue weighted by atomic mass is 35.5. The zero-order valence-electron chi connectivity index (χ0n) is 17.9. The van der Waals surface area contributed by atoms with Gasteiger partial charge in [-0.2, -0.15) is 5.10 Å². The highest BCUT2D eigenvalue weighted by molar-refractivity contribution is 6.30. The van der Waals surface area contributed by atoms with Crippen molar-refractivity contribution in [1.29, 1.82) is 0 Å². The molecule has 33 heavy (non-hydrogen) atoms. The number of carbonyl (C=O) groups is 1. The first kappa shape index (κ1) is 21.2. The number of nitrogens with one attached hydrogen (secondary N) is 1. The topological polar surface area (TPSA) is 89.8 Å². The van der Waals surface area contributed by atoms with Crippen LogP contribution in [0.25, 0.3) is 16.7 Å². The third kappa shape index (κ3) is 3.98. The molecule has 4 aromatic rings. The van der Waals surface area contributed by atoms with Crippen LogP contribution in [-0.4, -0.2) is 25.7 Å². The van der Waals surface area contributed by atoms with Gasteiger partial charge in [0, 0.05) is 22.3 Å². The molecule has 5 rings (SSSR count). The van der Waals surface area contributed by atoms with Gasteiger partial charge in [0.25, 0.3) is 5.91 Å². The lowest BCUT2D eigenvalue weighted by Gasteiger charge is -2.14. The van der Waals surface area contributed by atoms with Gasteiger partial charge in [-0.1, -0.05) is 11.6 Å². The molecule has 0 aliphatic heterocycles. The largest absolute Gasteiger partial charge is 0.319 e. The van der Waals surface area contributed by atoms with Crippen molar-refractivity contribution >= 4 is 34.2 Å². The highest BCUT2D eigenvalue weighted by Gasteiger charge is 2.25. The van der Waals surface area contributed by atoms with Gasteiger partial charge in [-0.05, 0) is 68.7 Å². The van der Waals surface area contributed by atoms with E-state index in [1.807, 2.05) is 13.0 Å². The monoisotopic (exact) mass is 463 g/mol. The maximum atomic E-state index is 14.8. The Kier molecular flexibility index (Phi) is 5.17. The Morgan fingerprint density at radius 3 is 2.64 bits per heavy atom. The first-order valence-corrected chi connectivity index (χ1v) is 10.8. The number of fused-ring (bicyclic) bond motifs is 1. The molecular formula is C24H19ClFN5O2. The van der Waals surface area contributed by atoms with Gasteiger partial charge in [0.1, 0.15) is 17.0 Å². The number of anilines is 1. The molecule has 3 heterocycles. The first-order chi connectivity index (χ1) is 15.8. The van der Waals surface area contributed by atoms with Crippen molar-refractivity contribution in [2.24, 2.45) is 0 Å². The number of aryl methyl sites for hydroxylation is 2. The van der Waals surface area contributed by atoms with Crippen molar-refractivity contribution in [2.75, 3.05) is 5.32 Å². The maximum absolute atomic E-state index is 14.8. The van der Waals surface area contributed by atoms with Gasteiger partial charge in [-0.15, -0.1) is 0 Å². The van der Waals surface area contributed by atoms with Crippen molar-refractivity contribution in [1.82, 2.24) is 19.7 Å². The smallest absolute Gasteiger partial charge is 0.280 e. The Bertz CT molecular complexity index is 1480. The second-order valence-electron chi connectivity index (χ2n) is 8.14. The Morgan fingerprint density at radius 1 is 1.18 bits per heavy atom. The van der Waals surface area contributed by atoms with Crippen molar-refractivity contribution in [2.45, 2.75) is 32.6 Å². The molecule has 1 fully saturated rings. The van der Waals surface area contributed by atoms with Gasteiger partial charge in [0.2, 0.25) is 5.43 Å². The fourth-order valence-corrected chi connectivity index (χ4v) is 3.77. The summed E-state index contributed by atoms with van der Waals surface area (Å²) in [5, 5.41) is 7.11. The number of rotatable bonds is 4. The minimum atomic E-state index is -0.731. The van der Waals surface area contributed by atoms with Gasteiger partial charge >= 0.3 is 0 Å². The standard InChI is InChI=1S/C24H19ClFN5O2/c1-12-9-20-21(28-13(12)2)23(32)22(30-31(20)19-8-5-15(25)10-17(19)26)24(33)29-16-6-7-18(27-11-16)14-3-4-14/h5-11,14H,3-4H2,1-2H3,(H,29,33). The van der Waals surface area contributed by atoms with E-state index >= 15 is 0 Å². The average Bonchev–Trinajstić information content (AvgIpc) is 3.62. The van der Waals surface area contributed by atoms with Crippen molar-refractivity contribution in [3.63, 3.8) is 0 Å². The molecule has 9 heteroatoms. The van der Waals surface area contributed by atoms with Crippen LogP contribution < -0.4 is 10.7 Å². The van der Waals surface area contributed by atoms with Crippen molar-refractivity contribution in [3.8, 4) is 5.69 Å². The molecule has 1 aliphatic rings. The number of carbonyl (C=O) groups excluding carboxylic acids is 1. The number of amides is 1. The first-order valence-electron chi connectivity index (χ1n) is 10.5. The lowest BCUT2D eigenvalue weighted by molar-refractivity contribution is 0.102. The van der Waals surface area contributed by atoms with Crippen molar-refractivity contribution in [3.05, 3.63) is 86.3 Å². The van der Waals surface area contributed by atoms with E-state index in [0.717, 1.165) is 30.2 Å². The van der Waals surface area contributed by atoms with Crippen LogP contribution >= 0.6 is 11.6 Å². The van der Waals surface area contributed by atoms with E-state index in [1.54, 1.807) is 25.3 Å². The average molecular weight is 464 g/mol. The van der Waals surface area contributed by atoms with Gasteiger partial charge in [0.05, 0.1) is 17.4 Å². The van der Waals surface area contributed by atoms with Gasteiger partial charge in [0.15, 0.2) is 5.69 Å². The molecule has 166 valence electrons. The summed E-state index contributed by atoms with van der Waals surface area (Å²) in [6.07, 6.45) is 3.79. The minimum Gasteiger partial charge on any atom is -0.319 e. The van der Waals surface area contributed by atoms with Crippen LogP contribution in [-0.2, 0) is 0 Å². The molecule has 0 atom stereocenters. The van der Waals surface area contributed by atoms with Crippen LogP contribution in [0.4, 0.5) is 10.1 Å². The number of hydrogen-bond donors (Lipinski definition) is 1. The molecule has 1 aliphatic carbocycles. The summed E-state index contributed by atoms with van der Waals surface area (Å²) in [6, 6.07) is 9.38. The van der Waals surface area contributed by atoms with E-state index in [-0.39, 0.29) is 21.7 Å². The van der Waals surface area contributed by atoms with Gasteiger partial charge in [-0.25, -0.2) is 14.1 Å². The molecular weight excluding hydrogens is 445 g/mol. The zero-order chi connectivity index (χ0) is 23.3. The number of hydrogen-bond acceptors (Lipinski definition) is 5. The molecule has 1 saturated carbocycles. The van der Waals surface area contributed by atoms with E-state index in [1.165, 1.54) is 16.8 Å². The Hall–Kier alpha value is -3.65. The molecule has 0 bridgehead atoms. The second-order valence-corrected chi connectivity index (χ2v) is 8.58. The molecule has 1 N–H and O–H groups in total. The summed E-state index contributed by atoms with van der Waals surface area (Å²) in [5.74, 6) is -0.897. The number of pyridine rings is 2. The molecule has 7 nitrogen and oxygen atoms in total. The van der Waals surface area contributed by atoms with Crippen LogP contribution in [0, 0.1) is 19.7 Å². The van der Waals surface area contributed by atoms with Crippen LogP contribution in [0.2, 0.25) is 5.02 Å². The number of benzene rings is 1. The van der Waals surface area contributed by atoms with E-state index < -0.39 is 22.8 Å². The molecule has 0 radical (unpaired) electrons. The molecule has 0 saturated heterocycles. The summed E-state index contributed by atoms with van der Waals surface area (Å²) in [4.78, 5) is 35.0. The Balaban J connectivity index is 1.63. The molecule has 1 aromatic carbocycles. The quantitative estimate of drug-likeness (QED) is 0.473. The van der Waals surface area contributed by atoms with E-state index in [0.29, 0.717) is 17.3 Å². The van der Waals surface area contributed by atoms with Crippen LogP contribution in [0.5, 0.6) is 0 Å². The minimum absolute atomic E-state index is 0.0230. The number of nitrogens with zero attached hydrogens (tertiary/aromatic N) is 4. The third-order valence-corrected chi connectivity index (χ3v) is 5.93. The van der Waals surface area contributed by atoms with Crippen LogP contribution in [0.15, 0.2) is 47.4 Å². The maximum Gasteiger partial charge on any atom is 0.280 e. The van der Waals surface area contributed by atoms with E-state index in [4.69, 9.17) is 11.6 Å². The third-order valence-electron chi connectivity index (χ3n) is 5.70. The predicted molar refractivity (Wildman–Crippen MR) is 124 cm³/mol. The molecule has 0 spiro atoms. The molecule has 0 unspecified atom stereocenters. The van der Waals surface area contributed by atoms with Crippen molar-refractivity contribution < 1.29 is 9.18 Å². The number of aromatic nitrogens is 4. The van der Waals surface area contributed by atoms with Crippen LogP contribution in [0.3, 0.4) is 0 Å². The Labute approximate surface area is 193 Å². The van der Waals surface area contributed by atoms with E-state index in [2.05, 4.69) is 20.4 Å². The fourth-order valence-electron chi connectivity index (χ4n) is 3.61. The lowest BCUT2D eigenvalue weighted by atomic mass is 10.1. The fraction of sp³-hybridized carbons (Fsp3) is 0.208. The summed E-state index contributed by atoms with van der Waals surface area (Å²) >= 11 is 5.90. The molecule has 3 aromatic heterocycles. The molecule has 1 amide bonds. The second kappa shape index (κ2) is 8.04. The SMILES string of the molecule is Cc1cc2c(nc1C)c(=O)c(C(=O)Nc1ccc(C3CC3)nc1)nn2-c1ccc(Cl)cc1F. The Morgan fingerprint density at radius 2 is 1.97 bits per heavy atom. The zero-order valence-corrected chi connectivity index (χ0v) is 18.7. The highest BCUT2D eigenvalue weighted by Crippen LogP contribution is 2.38.